The summed E-state index contributed by atoms with van der Waals surface area (Å²) in [7, 11) is 0. The summed E-state index contributed by atoms with van der Waals surface area (Å²) >= 11 is 2.18. The highest BCUT2D eigenvalue weighted by Gasteiger charge is 2.15. The minimum Gasteiger partial charge on any atom is -0.344 e. The third-order valence-electron chi connectivity index (χ3n) is 4.90. The maximum Gasteiger partial charge on any atom is 0.316 e. The van der Waals surface area contributed by atoms with Gasteiger partial charge < -0.3 is 9.84 Å². The molecule has 0 bridgehead atoms. The van der Waals surface area contributed by atoms with E-state index in [0.29, 0.717) is 18.9 Å². The van der Waals surface area contributed by atoms with Gasteiger partial charge in [-0.2, -0.15) is 10.1 Å². The Balaban J connectivity index is 1.27. The lowest BCUT2D eigenvalue weighted by Crippen LogP contribution is -2.29. The number of rotatable bonds is 7. The second kappa shape index (κ2) is 9.49. The van der Waals surface area contributed by atoms with Gasteiger partial charge in [0.15, 0.2) is 5.82 Å². The van der Waals surface area contributed by atoms with Crippen molar-refractivity contribution < 1.29 is 9.32 Å². The lowest BCUT2D eigenvalue weighted by Gasteiger charge is -2.26. The van der Waals surface area contributed by atoms with Crippen molar-refractivity contribution in [3.63, 3.8) is 0 Å². The van der Waals surface area contributed by atoms with Gasteiger partial charge in [-0.1, -0.05) is 35.8 Å². The molecule has 0 spiro atoms. The van der Waals surface area contributed by atoms with Crippen LogP contribution in [0.15, 0.2) is 41.2 Å². The van der Waals surface area contributed by atoms with Gasteiger partial charge in [-0.25, -0.2) is 0 Å². The topological polar surface area (TPSA) is 89.1 Å². The van der Waals surface area contributed by atoms with Crippen LogP contribution < -0.4 is 5.32 Å². The van der Waals surface area contributed by atoms with Crippen molar-refractivity contribution in [1.82, 2.24) is 30.1 Å². The molecule has 0 aliphatic carbocycles. The standard InChI is InChI=1S/C20H23IN6O2/c21-17-11-23-27(13-17)14-18-24-20(29-25-18)19(28)22-10-15-4-6-16(7-5-15)12-26-8-2-1-3-9-26/h4-7,11,13H,1-3,8-10,12,14H2,(H,22,28). The Hall–Kier alpha value is -2.27. The molecule has 0 unspecified atom stereocenters. The van der Waals surface area contributed by atoms with Crippen LogP contribution >= 0.6 is 22.6 Å². The quantitative estimate of drug-likeness (QED) is 0.496. The molecule has 1 saturated heterocycles. The van der Waals surface area contributed by atoms with Gasteiger partial charge in [-0.3, -0.25) is 14.4 Å². The van der Waals surface area contributed by atoms with Crippen LogP contribution in [0.5, 0.6) is 0 Å². The number of amides is 1. The summed E-state index contributed by atoms with van der Waals surface area (Å²) in [5.41, 5.74) is 2.34. The fourth-order valence-corrected chi connectivity index (χ4v) is 3.82. The molecule has 152 valence electrons. The molecular formula is C20H23IN6O2. The lowest BCUT2D eigenvalue weighted by molar-refractivity contribution is 0.0907. The SMILES string of the molecule is O=C(NCc1ccc(CN2CCCCC2)cc1)c1nc(Cn2cc(I)cn2)no1. The Morgan fingerprint density at radius 2 is 1.86 bits per heavy atom. The zero-order valence-corrected chi connectivity index (χ0v) is 18.2. The third kappa shape index (κ3) is 5.63. The predicted octanol–water partition coefficient (Wildman–Crippen LogP) is 2.83. The fourth-order valence-electron chi connectivity index (χ4n) is 3.38. The minimum atomic E-state index is -0.379. The molecule has 3 heterocycles. The first kappa shape index (κ1) is 20.0. The van der Waals surface area contributed by atoms with Crippen molar-refractivity contribution >= 4 is 28.5 Å². The van der Waals surface area contributed by atoms with Crippen LogP contribution in [-0.2, 0) is 19.6 Å². The van der Waals surface area contributed by atoms with Crippen molar-refractivity contribution in [2.24, 2.45) is 0 Å². The molecule has 1 aliphatic heterocycles. The van der Waals surface area contributed by atoms with E-state index in [-0.39, 0.29) is 11.8 Å². The smallest absolute Gasteiger partial charge is 0.316 e. The summed E-state index contributed by atoms with van der Waals surface area (Å²) in [6.45, 7) is 4.13. The number of halogens is 1. The molecule has 4 rings (SSSR count). The summed E-state index contributed by atoms with van der Waals surface area (Å²) in [5, 5.41) is 10.8. The van der Waals surface area contributed by atoms with E-state index in [0.717, 1.165) is 15.7 Å². The fraction of sp³-hybridized carbons (Fsp3) is 0.400. The first-order valence-corrected chi connectivity index (χ1v) is 10.8. The van der Waals surface area contributed by atoms with Crippen molar-refractivity contribution in [1.29, 1.82) is 0 Å². The van der Waals surface area contributed by atoms with E-state index in [9.17, 15) is 4.79 Å². The summed E-state index contributed by atoms with van der Waals surface area (Å²) in [4.78, 5) is 18.9. The highest BCUT2D eigenvalue weighted by molar-refractivity contribution is 14.1. The van der Waals surface area contributed by atoms with Crippen LogP contribution in [-0.4, -0.2) is 43.8 Å². The Morgan fingerprint density at radius 3 is 2.59 bits per heavy atom. The highest BCUT2D eigenvalue weighted by atomic mass is 127. The maximum atomic E-state index is 12.3. The third-order valence-corrected chi connectivity index (χ3v) is 5.46. The van der Waals surface area contributed by atoms with Gasteiger partial charge in [0.2, 0.25) is 0 Å². The Kier molecular flexibility index (Phi) is 6.55. The molecule has 0 radical (unpaired) electrons. The maximum absolute atomic E-state index is 12.3. The van der Waals surface area contributed by atoms with Crippen LogP contribution in [0.1, 0.15) is 46.9 Å². The summed E-state index contributed by atoms with van der Waals surface area (Å²) in [5.74, 6) is -0.00326. The molecule has 1 fully saturated rings. The lowest BCUT2D eigenvalue weighted by atomic mass is 10.1. The van der Waals surface area contributed by atoms with Crippen LogP contribution in [0.25, 0.3) is 0 Å². The van der Waals surface area contributed by atoms with Gasteiger partial charge in [0.25, 0.3) is 0 Å². The molecule has 0 atom stereocenters. The molecule has 1 aliphatic rings. The number of hydrogen-bond acceptors (Lipinski definition) is 6. The Labute approximate surface area is 182 Å². The van der Waals surface area contributed by atoms with E-state index in [1.165, 1.54) is 37.9 Å². The average Bonchev–Trinajstić information content (AvgIpc) is 3.37. The van der Waals surface area contributed by atoms with Crippen LogP contribution in [0.3, 0.4) is 0 Å². The number of hydrogen-bond donors (Lipinski definition) is 1. The van der Waals surface area contributed by atoms with Crippen molar-refractivity contribution in [2.45, 2.75) is 38.9 Å². The first-order valence-electron chi connectivity index (χ1n) is 9.74. The summed E-state index contributed by atoms with van der Waals surface area (Å²) in [6.07, 6.45) is 7.54. The molecule has 9 heteroatoms. The van der Waals surface area contributed by atoms with Gasteiger partial charge in [0.1, 0.15) is 6.54 Å². The number of likely N-dealkylation sites (tertiary alicyclic amines) is 1. The van der Waals surface area contributed by atoms with E-state index in [1.54, 1.807) is 10.9 Å². The molecule has 29 heavy (non-hydrogen) atoms. The molecule has 1 amide bonds. The zero-order chi connectivity index (χ0) is 20.1. The molecule has 8 nitrogen and oxygen atoms in total. The largest absolute Gasteiger partial charge is 0.344 e. The van der Waals surface area contributed by atoms with E-state index >= 15 is 0 Å². The molecular weight excluding hydrogens is 483 g/mol. The van der Waals surface area contributed by atoms with Crippen LogP contribution in [0, 0.1) is 3.57 Å². The Morgan fingerprint density at radius 1 is 1.10 bits per heavy atom. The van der Waals surface area contributed by atoms with Gasteiger partial charge in [0, 0.05) is 19.3 Å². The van der Waals surface area contributed by atoms with Gasteiger partial charge in [-0.05, 0) is 59.6 Å². The molecule has 1 aromatic carbocycles. The summed E-state index contributed by atoms with van der Waals surface area (Å²) in [6, 6.07) is 8.37. The number of carbonyl (C=O) groups is 1. The van der Waals surface area contributed by atoms with Crippen molar-refractivity contribution in [3.8, 4) is 0 Å². The number of aromatic nitrogens is 4. The van der Waals surface area contributed by atoms with Gasteiger partial charge >= 0.3 is 11.8 Å². The second-order valence-electron chi connectivity index (χ2n) is 7.21. The zero-order valence-electron chi connectivity index (χ0n) is 16.1. The molecule has 2 aromatic heterocycles. The second-order valence-corrected chi connectivity index (χ2v) is 8.45. The molecule has 1 N–H and O–H groups in total. The number of benzene rings is 1. The Bertz CT molecular complexity index is 946. The number of carbonyl (C=O) groups excluding carboxylic acids is 1. The monoisotopic (exact) mass is 506 g/mol. The highest BCUT2D eigenvalue weighted by Crippen LogP contribution is 2.13. The predicted molar refractivity (Wildman–Crippen MR) is 115 cm³/mol. The molecule has 3 aromatic rings. The average molecular weight is 506 g/mol. The van der Waals surface area contributed by atoms with Gasteiger partial charge in [0.05, 0.1) is 9.77 Å². The van der Waals surface area contributed by atoms with E-state index < -0.39 is 0 Å². The first-order chi connectivity index (χ1) is 14.2. The van der Waals surface area contributed by atoms with Gasteiger partial charge in [-0.15, -0.1) is 0 Å². The van der Waals surface area contributed by atoms with Crippen LogP contribution in [0.4, 0.5) is 0 Å². The summed E-state index contributed by atoms with van der Waals surface area (Å²) < 4.78 is 7.79. The van der Waals surface area contributed by atoms with E-state index in [2.05, 4.69) is 72.3 Å². The van der Waals surface area contributed by atoms with Crippen molar-refractivity contribution in [2.75, 3.05) is 13.1 Å². The number of piperidine rings is 1. The van der Waals surface area contributed by atoms with Crippen LogP contribution in [0.2, 0.25) is 0 Å². The molecule has 0 saturated carbocycles. The number of nitrogens with one attached hydrogen (secondary N) is 1. The van der Waals surface area contributed by atoms with E-state index in [4.69, 9.17) is 4.52 Å². The van der Waals surface area contributed by atoms with Crippen molar-refractivity contribution in [3.05, 3.63) is 63.1 Å². The normalized spacial score (nSPS) is 14.8. The minimum absolute atomic E-state index is 0.0384. The number of nitrogens with zero attached hydrogens (tertiary/aromatic N) is 5. The van der Waals surface area contributed by atoms with E-state index in [1.807, 2.05) is 6.20 Å².